The van der Waals surface area contributed by atoms with Crippen LogP contribution in [0.1, 0.15) is 22.6 Å². The summed E-state index contributed by atoms with van der Waals surface area (Å²) in [5.41, 5.74) is 7.72. The number of hydrogen-bond acceptors (Lipinski definition) is 9. The summed E-state index contributed by atoms with van der Waals surface area (Å²) in [6, 6.07) is 35.9. The standard InChI is InChI=1S/C36H34N4O5/c1-41-31-7-3-5-25(17-31)21-37-29-13-9-27(10-14-29)35-19-33(44-39-35)23-43-24-34-20-36(40-45-34)28-11-15-30(16-12-28)38-22-26-6-4-8-32(18-26)42-2/h3-20,37-38H,21-24H2,1-2H3. The first kappa shape index (κ1) is 29.5. The van der Waals surface area contributed by atoms with Gasteiger partial charge in [0.2, 0.25) is 0 Å². The van der Waals surface area contributed by atoms with Crippen molar-refractivity contribution in [3.8, 4) is 34.0 Å². The molecule has 0 spiro atoms. The fraction of sp³-hybridized carbons (Fsp3) is 0.167. The van der Waals surface area contributed by atoms with Crippen molar-refractivity contribution in [3.63, 3.8) is 0 Å². The van der Waals surface area contributed by atoms with Gasteiger partial charge in [-0.2, -0.15) is 0 Å². The van der Waals surface area contributed by atoms with Crippen LogP contribution in [0.15, 0.2) is 118 Å². The van der Waals surface area contributed by atoms with Crippen molar-refractivity contribution in [2.24, 2.45) is 0 Å². The normalized spacial score (nSPS) is 10.9. The lowest BCUT2D eigenvalue weighted by Crippen LogP contribution is -1.99. The summed E-state index contributed by atoms with van der Waals surface area (Å²) < 4.78 is 27.4. The predicted molar refractivity (Wildman–Crippen MR) is 173 cm³/mol. The van der Waals surface area contributed by atoms with Gasteiger partial charge in [0.25, 0.3) is 0 Å². The van der Waals surface area contributed by atoms with Crippen molar-refractivity contribution in [3.05, 3.63) is 132 Å². The molecule has 0 atom stereocenters. The van der Waals surface area contributed by atoms with Gasteiger partial charge in [-0.25, -0.2) is 0 Å². The van der Waals surface area contributed by atoms with Crippen LogP contribution in [0, 0.1) is 0 Å². The highest BCUT2D eigenvalue weighted by Gasteiger charge is 2.10. The summed E-state index contributed by atoms with van der Waals surface area (Å²) in [5, 5.41) is 15.3. The lowest BCUT2D eigenvalue weighted by Gasteiger charge is -2.08. The Labute approximate surface area is 261 Å². The largest absolute Gasteiger partial charge is 0.497 e. The zero-order valence-corrected chi connectivity index (χ0v) is 25.2. The first-order valence-electron chi connectivity index (χ1n) is 14.6. The second-order valence-corrected chi connectivity index (χ2v) is 10.4. The predicted octanol–water partition coefficient (Wildman–Crippen LogP) is 7.95. The molecule has 6 rings (SSSR count). The third-order valence-corrected chi connectivity index (χ3v) is 7.23. The third-order valence-electron chi connectivity index (χ3n) is 7.23. The van der Waals surface area contributed by atoms with Crippen molar-refractivity contribution in [1.29, 1.82) is 0 Å². The van der Waals surface area contributed by atoms with Crippen molar-refractivity contribution in [2.45, 2.75) is 26.3 Å². The minimum Gasteiger partial charge on any atom is -0.497 e. The van der Waals surface area contributed by atoms with Crippen LogP contribution in [0.4, 0.5) is 11.4 Å². The Morgan fingerprint density at radius 2 is 1.00 bits per heavy atom. The van der Waals surface area contributed by atoms with E-state index in [0.29, 0.717) is 24.6 Å². The van der Waals surface area contributed by atoms with Gasteiger partial charge in [0, 0.05) is 47.7 Å². The lowest BCUT2D eigenvalue weighted by atomic mass is 10.1. The second kappa shape index (κ2) is 14.3. The van der Waals surface area contributed by atoms with Crippen molar-refractivity contribution < 1.29 is 23.3 Å². The fourth-order valence-electron chi connectivity index (χ4n) is 4.78. The van der Waals surface area contributed by atoms with Crippen LogP contribution in [-0.4, -0.2) is 24.5 Å². The van der Waals surface area contributed by atoms with E-state index in [1.54, 1.807) is 14.2 Å². The summed E-state index contributed by atoms with van der Waals surface area (Å²) in [4.78, 5) is 0. The van der Waals surface area contributed by atoms with E-state index in [9.17, 15) is 0 Å². The summed E-state index contributed by atoms with van der Waals surface area (Å²) in [5.74, 6) is 2.94. The first-order valence-corrected chi connectivity index (χ1v) is 14.6. The SMILES string of the molecule is COc1cccc(CNc2ccc(-c3cc(COCc4cc(-c5ccc(NCc6cccc(OC)c6)cc5)no4)on3)cc2)c1. The summed E-state index contributed by atoms with van der Waals surface area (Å²) >= 11 is 0. The molecule has 0 aliphatic rings. The van der Waals surface area contributed by atoms with Gasteiger partial charge in [0.05, 0.1) is 14.2 Å². The number of ether oxygens (including phenoxy) is 3. The van der Waals surface area contributed by atoms with E-state index in [-0.39, 0.29) is 13.2 Å². The monoisotopic (exact) mass is 602 g/mol. The Balaban J connectivity index is 0.957. The Morgan fingerprint density at radius 1 is 0.556 bits per heavy atom. The molecule has 9 heteroatoms. The maximum atomic E-state index is 5.82. The van der Waals surface area contributed by atoms with E-state index in [4.69, 9.17) is 23.3 Å². The van der Waals surface area contributed by atoms with Crippen molar-refractivity contribution in [1.82, 2.24) is 10.3 Å². The van der Waals surface area contributed by atoms with Crippen LogP contribution in [0.25, 0.3) is 22.5 Å². The zero-order valence-electron chi connectivity index (χ0n) is 25.2. The van der Waals surface area contributed by atoms with Gasteiger partial charge in [-0.05, 0) is 59.7 Å². The first-order chi connectivity index (χ1) is 22.1. The maximum Gasteiger partial charge on any atom is 0.163 e. The van der Waals surface area contributed by atoms with E-state index in [1.807, 2.05) is 97.1 Å². The summed E-state index contributed by atoms with van der Waals surface area (Å²) in [7, 11) is 3.34. The highest BCUT2D eigenvalue weighted by atomic mass is 16.5. The molecule has 0 unspecified atom stereocenters. The number of nitrogens with zero attached hydrogens (tertiary/aromatic N) is 2. The van der Waals surface area contributed by atoms with Crippen molar-refractivity contribution >= 4 is 11.4 Å². The van der Waals surface area contributed by atoms with Gasteiger partial charge in [0.1, 0.15) is 36.1 Å². The van der Waals surface area contributed by atoms with Gasteiger partial charge in [-0.1, -0.05) is 58.8 Å². The molecule has 2 heterocycles. The molecule has 4 aromatic carbocycles. The van der Waals surface area contributed by atoms with Gasteiger partial charge < -0.3 is 33.9 Å². The Kier molecular flexibility index (Phi) is 9.38. The van der Waals surface area contributed by atoms with Crippen LogP contribution in [-0.2, 0) is 31.0 Å². The molecule has 6 aromatic rings. The van der Waals surface area contributed by atoms with Gasteiger partial charge in [-0.3, -0.25) is 0 Å². The third kappa shape index (κ3) is 7.90. The molecule has 0 radical (unpaired) electrons. The van der Waals surface area contributed by atoms with E-state index in [0.717, 1.165) is 56.5 Å². The maximum absolute atomic E-state index is 5.82. The fourth-order valence-corrected chi connectivity index (χ4v) is 4.78. The molecule has 9 nitrogen and oxygen atoms in total. The molecule has 228 valence electrons. The molecule has 45 heavy (non-hydrogen) atoms. The Bertz CT molecular complexity index is 1680. The lowest BCUT2D eigenvalue weighted by molar-refractivity contribution is 0.0727. The minimum absolute atomic E-state index is 0.261. The van der Waals surface area contributed by atoms with Crippen LogP contribution in [0.3, 0.4) is 0 Å². The molecular weight excluding hydrogens is 568 g/mol. The number of benzene rings is 4. The number of methoxy groups -OCH3 is 2. The summed E-state index contributed by atoms with van der Waals surface area (Å²) in [6.07, 6.45) is 0. The molecule has 2 aromatic heterocycles. The van der Waals surface area contributed by atoms with Gasteiger partial charge in [0.15, 0.2) is 11.5 Å². The molecule has 0 fully saturated rings. The molecule has 2 N–H and O–H groups in total. The molecule has 0 aliphatic carbocycles. The number of aromatic nitrogens is 2. The average molecular weight is 603 g/mol. The van der Waals surface area contributed by atoms with Gasteiger partial charge in [-0.15, -0.1) is 0 Å². The van der Waals surface area contributed by atoms with Crippen molar-refractivity contribution in [2.75, 3.05) is 24.9 Å². The van der Waals surface area contributed by atoms with Crippen LogP contribution in [0.2, 0.25) is 0 Å². The molecule has 0 bridgehead atoms. The Morgan fingerprint density at radius 3 is 1.42 bits per heavy atom. The van der Waals surface area contributed by atoms with Crippen LogP contribution in [0.5, 0.6) is 11.5 Å². The van der Waals surface area contributed by atoms with Gasteiger partial charge >= 0.3 is 0 Å². The molecule has 0 amide bonds. The smallest absolute Gasteiger partial charge is 0.163 e. The highest BCUT2D eigenvalue weighted by molar-refractivity contribution is 5.63. The van der Waals surface area contributed by atoms with E-state index in [1.165, 1.54) is 0 Å². The second-order valence-electron chi connectivity index (χ2n) is 10.4. The topological polar surface area (TPSA) is 104 Å². The summed E-state index contributed by atoms with van der Waals surface area (Å²) in [6.45, 7) is 1.92. The molecule has 0 saturated heterocycles. The van der Waals surface area contributed by atoms with Crippen LogP contribution >= 0.6 is 0 Å². The van der Waals surface area contributed by atoms with E-state index >= 15 is 0 Å². The number of anilines is 2. The quantitative estimate of drug-likeness (QED) is 0.128. The van der Waals surface area contributed by atoms with E-state index < -0.39 is 0 Å². The zero-order chi connectivity index (χ0) is 30.8. The Hall–Kier alpha value is -5.54. The highest BCUT2D eigenvalue weighted by Crippen LogP contribution is 2.25. The number of hydrogen-bond donors (Lipinski definition) is 2. The number of nitrogens with one attached hydrogen (secondary N) is 2. The van der Waals surface area contributed by atoms with E-state index in [2.05, 4.69) is 33.1 Å². The average Bonchev–Trinajstić information content (AvgIpc) is 3.77. The number of rotatable bonds is 14. The molecular formula is C36H34N4O5. The minimum atomic E-state index is 0.261. The molecule has 0 aliphatic heterocycles. The van der Waals surface area contributed by atoms with Crippen LogP contribution < -0.4 is 20.1 Å². The molecule has 0 saturated carbocycles.